The second-order valence-corrected chi connectivity index (χ2v) is 17.2. The summed E-state index contributed by atoms with van der Waals surface area (Å²) in [6.07, 6.45) is 27.9. The maximum atomic E-state index is 12.7. The lowest BCUT2D eigenvalue weighted by atomic mass is 9.47. The van der Waals surface area contributed by atoms with Gasteiger partial charge in [-0.2, -0.15) is 0 Å². The number of fused-ring (bicyclic) bond motifs is 5. The lowest BCUT2D eigenvalue weighted by Gasteiger charge is -2.58. The molecule has 264 valence electrons. The summed E-state index contributed by atoms with van der Waals surface area (Å²) in [5.41, 5.74) is 2.33. The highest BCUT2D eigenvalue weighted by Gasteiger charge is 2.59. The first-order valence-corrected chi connectivity index (χ1v) is 20.1. The second-order valence-electron chi connectivity index (χ2n) is 17.2. The van der Waals surface area contributed by atoms with Crippen LogP contribution in [0.2, 0.25) is 0 Å². The average Bonchev–Trinajstić information content (AvgIpc) is 3.38. The molecule has 0 unspecified atom stereocenters. The molecule has 46 heavy (non-hydrogen) atoms. The van der Waals surface area contributed by atoms with Crippen molar-refractivity contribution >= 4 is 11.9 Å². The summed E-state index contributed by atoms with van der Waals surface area (Å²) in [4.78, 5) is 25.0. The van der Waals surface area contributed by atoms with Crippen molar-refractivity contribution in [3.8, 4) is 0 Å². The third kappa shape index (κ3) is 9.64. The zero-order valence-corrected chi connectivity index (χ0v) is 31.0. The molecule has 0 aliphatic heterocycles. The Labute approximate surface area is 284 Å². The summed E-state index contributed by atoms with van der Waals surface area (Å²) in [6.45, 7) is 15.2. The van der Waals surface area contributed by atoms with Gasteiger partial charge >= 0.3 is 11.9 Å². The minimum atomic E-state index is -0.267. The van der Waals surface area contributed by atoms with Crippen LogP contribution >= 0.6 is 0 Å². The number of hydrogen-bond acceptors (Lipinski definition) is 4. The van der Waals surface area contributed by atoms with Gasteiger partial charge in [0.25, 0.3) is 0 Å². The van der Waals surface area contributed by atoms with E-state index in [9.17, 15) is 9.59 Å². The molecular weight excluding hydrogens is 568 g/mol. The predicted molar refractivity (Wildman–Crippen MR) is 190 cm³/mol. The number of esters is 2. The van der Waals surface area contributed by atoms with Crippen LogP contribution in [0.4, 0.5) is 0 Å². The molecule has 0 heterocycles. The second kappa shape index (κ2) is 17.9. The van der Waals surface area contributed by atoms with Crippen LogP contribution in [0.1, 0.15) is 183 Å². The van der Waals surface area contributed by atoms with Crippen molar-refractivity contribution in [3.63, 3.8) is 0 Å². The fourth-order valence-electron chi connectivity index (χ4n) is 10.9. The van der Waals surface area contributed by atoms with Crippen LogP contribution in [0.15, 0.2) is 11.6 Å². The van der Waals surface area contributed by atoms with Gasteiger partial charge in [-0.15, -0.1) is 0 Å². The number of allylic oxidation sites excluding steroid dienone is 1. The molecule has 0 aromatic rings. The smallest absolute Gasteiger partial charge is 0.306 e. The third-order valence-electron chi connectivity index (χ3n) is 13.6. The number of unbranched alkanes of at least 4 members (excludes halogenated alkanes) is 8. The van der Waals surface area contributed by atoms with Crippen molar-refractivity contribution in [2.75, 3.05) is 6.61 Å². The Kier molecular flexibility index (Phi) is 14.6. The van der Waals surface area contributed by atoms with Gasteiger partial charge in [0.15, 0.2) is 0 Å². The zero-order chi connectivity index (χ0) is 33.2. The Morgan fingerprint density at radius 3 is 2.22 bits per heavy atom. The average molecular weight is 641 g/mol. The minimum absolute atomic E-state index is 0.0437. The molecular formula is C42H72O4. The van der Waals surface area contributed by atoms with Crippen molar-refractivity contribution in [1.82, 2.24) is 0 Å². The fourth-order valence-corrected chi connectivity index (χ4v) is 10.9. The molecule has 8 atom stereocenters. The van der Waals surface area contributed by atoms with Gasteiger partial charge in [-0.3, -0.25) is 9.59 Å². The van der Waals surface area contributed by atoms with Gasteiger partial charge in [-0.25, -0.2) is 0 Å². The van der Waals surface area contributed by atoms with E-state index < -0.39 is 0 Å². The van der Waals surface area contributed by atoms with Crippen molar-refractivity contribution < 1.29 is 19.1 Å². The summed E-state index contributed by atoms with van der Waals surface area (Å²) in [5.74, 6) is 4.52. The highest BCUT2D eigenvalue weighted by molar-refractivity contribution is 5.77. The first-order chi connectivity index (χ1) is 22.1. The predicted octanol–water partition coefficient (Wildman–Crippen LogP) is 11.8. The quantitative estimate of drug-likeness (QED) is 0.0801. The summed E-state index contributed by atoms with van der Waals surface area (Å²) in [5, 5.41) is 0. The van der Waals surface area contributed by atoms with Gasteiger partial charge in [0.2, 0.25) is 0 Å². The molecule has 4 rings (SSSR count). The molecule has 0 saturated heterocycles. The molecule has 4 heteroatoms. The van der Waals surface area contributed by atoms with E-state index in [1.165, 1.54) is 96.3 Å². The topological polar surface area (TPSA) is 52.6 Å². The van der Waals surface area contributed by atoms with E-state index in [1.54, 1.807) is 5.57 Å². The first-order valence-electron chi connectivity index (χ1n) is 20.1. The Morgan fingerprint density at radius 2 is 1.50 bits per heavy atom. The van der Waals surface area contributed by atoms with Crippen LogP contribution in [-0.4, -0.2) is 24.6 Å². The standard InChI is InChI=1S/C42H72O4/c1-7-8-9-10-11-12-13-14-15-29-45-39(43)23-24-40(44)46-34-25-27-41(5)33(30-34)19-20-35-37-22-21-36(32(4)18-16-17-31(2)3)42(37,6)28-26-38(35)41/h19,31-32,34-38H,7-18,20-30H2,1-6H3/t32-,34+,35+,36-,37+,38+,41+,42-/m1/s1. The van der Waals surface area contributed by atoms with E-state index in [-0.39, 0.29) is 36.3 Å². The minimum Gasteiger partial charge on any atom is -0.466 e. The van der Waals surface area contributed by atoms with Crippen molar-refractivity contribution in [3.05, 3.63) is 11.6 Å². The molecule has 4 aliphatic carbocycles. The molecule has 0 aromatic heterocycles. The van der Waals surface area contributed by atoms with Gasteiger partial charge in [0.05, 0.1) is 19.4 Å². The normalized spacial score (nSPS) is 32.7. The number of ether oxygens (including phenoxy) is 2. The molecule has 3 saturated carbocycles. The molecule has 3 fully saturated rings. The van der Waals surface area contributed by atoms with Crippen LogP contribution < -0.4 is 0 Å². The van der Waals surface area contributed by atoms with E-state index >= 15 is 0 Å². The van der Waals surface area contributed by atoms with Gasteiger partial charge in [-0.1, -0.05) is 124 Å². The number of rotatable bonds is 19. The van der Waals surface area contributed by atoms with Gasteiger partial charge in [0.1, 0.15) is 6.10 Å². The zero-order valence-electron chi connectivity index (χ0n) is 31.0. The highest BCUT2D eigenvalue weighted by Crippen LogP contribution is 2.67. The van der Waals surface area contributed by atoms with Gasteiger partial charge in [0, 0.05) is 6.42 Å². The maximum absolute atomic E-state index is 12.7. The van der Waals surface area contributed by atoms with Crippen LogP contribution in [-0.2, 0) is 19.1 Å². The van der Waals surface area contributed by atoms with Crippen molar-refractivity contribution in [2.45, 2.75) is 189 Å². The maximum Gasteiger partial charge on any atom is 0.306 e. The van der Waals surface area contributed by atoms with Gasteiger partial charge in [-0.05, 0) is 97.7 Å². The summed E-state index contributed by atoms with van der Waals surface area (Å²) >= 11 is 0. The van der Waals surface area contributed by atoms with Crippen LogP contribution in [0.3, 0.4) is 0 Å². The molecule has 0 amide bonds. The molecule has 0 N–H and O–H groups in total. The summed E-state index contributed by atoms with van der Waals surface area (Å²) in [7, 11) is 0. The van der Waals surface area contributed by atoms with E-state index in [0.29, 0.717) is 12.0 Å². The van der Waals surface area contributed by atoms with Crippen molar-refractivity contribution in [2.24, 2.45) is 46.3 Å². The molecule has 0 radical (unpaired) electrons. The third-order valence-corrected chi connectivity index (χ3v) is 13.6. The lowest BCUT2D eigenvalue weighted by Crippen LogP contribution is -2.51. The van der Waals surface area contributed by atoms with Crippen LogP contribution in [0, 0.1) is 46.3 Å². The molecule has 4 nitrogen and oxygen atoms in total. The molecule has 0 spiro atoms. The van der Waals surface area contributed by atoms with E-state index in [1.807, 2.05) is 0 Å². The summed E-state index contributed by atoms with van der Waals surface area (Å²) in [6, 6.07) is 0. The fraction of sp³-hybridized carbons (Fsp3) is 0.905. The molecule has 0 bridgehead atoms. The Bertz CT molecular complexity index is 984. The monoisotopic (exact) mass is 641 g/mol. The van der Waals surface area contributed by atoms with Crippen molar-refractivity contribution in [1.29, 1.82) is 0 Å². The summed E-state index contributed by atoms with van der Waals surface area (Å²) < 4.78 is 11.4. The van der Waals surface area contributed by atoms with Crippen LogP contribution in [0.5, 0.6) is 0 Å². The number of hydrogen-bond donors (Lipinski definition) is 0. The largest absolute Gasteiger partial charge is 0.466 e. The molecule has 0 aromatic carbocycles. The van der Waals surface area contributed by atoms with E-state index in [2.05, 4.69) is 47.6 Å². The Hall–Kier alpha value is -1.32. The van der Waals surface area contributed by atoms with Crippen LogP contribution in [0.25, 0.3) is 0 Å². The highest BCUT2D eigenvalue weighted by atomic mass is 16.5. The SMILES string of the molecule is CCCCCCCCCCCOC(=O)CCC(=O)O[C@H]1CC[C@@]2(C)C(=CC[C@H]3[C@@H]4CC[C@H]([C@H](C)CCCC(C)C)[C@@]4(C)CC[C@@H]32)C1. The van der Waals surface area contributed by atoms with E-state index in [4.69, 9.17) is 9.47 Å². The number of carbonyl (C=O) groups excluding carboxylic acids is 2. The number of carbonyl (C=O) groups is 2. The Morgan fingerprint density at radius 1 is 0.804 bits per heavy atom. The van der Waals surface area contributed by atoms with E-state index in [0.717, 1.165) is 67.6 Å². The Balaban J connectivity index is 1.17. The van der Waals surface area contributed by atoms with Gasteiger partial charge < -0.3 is 9.47 Å². The molecule has 4 aliphatic rings. The first kappa shape index (κ1) is 37.5. The lowest BCUT2D eigenvalue weighted by molar-refractivity contribution is -0.155.